The van der Waals surface area contributed by atoms with Gasteiger partial charge in [-0.3, -0.25) is 0 Å². The van der Waals surface area contributed by atoms with Crippen molar-refractivity contribution in [1.29, 1.82) is 0 Å². The van der Waals surface area contributed by atoms with E-state index in [9.17, 15) is 0 Å². The van der Waals surface area contributed by atoms with Gasteiger partial charge in [0.1, 0.15) is 6.04 Å². The summed E-state index contributed by atoms with van der Waals surface area (Å²) >= 11 is 0. The third-order valence-electron chi connectivity index (χ3n) is 2.50. The van der Waals surface area contributed by atoms with Crippen LogP contribution in [0.4, 0.5) is 0 Å². The Kier molecular flexibility index (Phi) is 2.88. The number of rotatable bonds is 2. The normalized spacial score (nSPS) is 13.0. The molecule has 0 amide bonds. The molecule has 0 saturated heterocycles. The van der Waals surface area contributed by atoms with E-state index in [2.05, 4.69) is 44.7 Å². The SMILES string of the molecule is CCC([NH3+])c1ccc(C)c(C)c1. The molecular formula is C11H18N+. The van der Waals surface area contributed by atoms with Gasteiger partial charge in [0.25, 0.3) is 0 Å². The number of quaternary nitrogens is 1. The Labute approximate surface area is 74.6 Å². The van der Waals surface area contributed by atoms with E-state index in [1.807, 2.05) is 0 Å². The predicted octanol–water partition coefficient (Wildman–Crippen LogP) is 2.00. The van der Waals surface area contributed by atoms with Crippen molar-refractivity contribution in [2.45, 2.75) is 33.2 Å². The number of aryl methyl sites for hydroxylation is 2. The fourth-order valence-electron chi connectivity index (χ4n) is 1.25. The smallest absolute Gasteiger partial charge is 0.110 e. The first-order valence-corrected chi connectivity index (χ1v) is 4.55. The van der Waals surface area contributed by atoms with Crippen LogP contribution in [0.2, 0.25) is 0 Å². The quantitative estimate of drug-likeness (QED) is 0.692. The Morgan fingerprint density at radius 3 is 2.42 bits per heavy atom. The molecule has 3 N–H and O–H groups in total. The van der Waals surface area contributed by atoms with E-state index in [0.717, 1.165) is 6.42 Å². The second kappa shape index (κ2) is 3.72. The zero-order valence-electron chi connectivity index (χ0n) is 8.22. The van der Waals surface area contributed by atoms with Crippen LogP contribution in [-0.4, -0.2) is 0 Å². The molecule has 66 valence electrons. The topological polar surface area (TPSA) is 27.6 Å². The van der Waals surface area contributed by atoms with Crippen LogP contribution < -0.4 is 5.73 Å². The van der Waals surface area contributed by atoms with Gasteiger partial charge in [-0.25, -0.2) is 0 Å². The molecular weight excluding hydrogens is 146 g/mol. The zero-order valence-corrected chi connectivity index (χ0v) is 8.22. The Morgan fingerprint density at radius 2 is 1.92 bits per heavy atom. The lowest BCUT2D eigenvalue weighted by molar-refractivity contribution is -0.427. The van der Waals surface area contributed by atoms with Crippen LogP contribution >= 0.6 is 0 Å². The number of hydrogen-bond acceptors (Lipinski definition) is 0. The number of benzene rings is 1. The minimum absolute atomic E-state index is 0.448. The molecule has 1 unspecified atom stereocenters. The average molecular weight is 164 g/mol. The van der Waals surface area contributed by atoms with Gasteiger partial charge in [-0.05, 0) is 31.0 Å². The molecule has 0 heterocycles. The third kappa shape index (κ3) is 1.86. The lowest BCUT2D eigenvalue weighted by Crippen LogP contribution is -2.53. The summed E-state index contributed by atoms with van der Waals surface area (Å²) in [5, 5.41) is 0. The van der Waals surface area contributed by atoms with Gasteiger partial charge in [0, 0.05) is 12.0 Å². The predicted molar refractivity (Wildman–Crippen MR) is 51.8 cm³/mol. The Balaban J connectivity index is 2.96. The highest BCUT2D eigenvalue weighted by molar-refractivity contribution is 5.30. The van der Waals surface area contributed by atoms with Crippen LogP contribution in [0.5, 0.6) is 0 Å². The van der Waals surface area contributed by atoms with E-state index in [0.29, 0.717) is 6.04 Å². The molecule has 0 spiro atoms. The molecule has 0 radical (unpaired) electrons. The van der Waals surface area contributed by atoms with Crippen LogP contribution in [0.3, 0.4) is 0 Å². The van der Waals surface area contributed by atoms with Gasteiger partial charge in [0.05, 0.1) is 0 Å². The first kappa shape index (κ1) is 9.27. The summed E-state index contributed by atoms with van der Waals surface area (Å²) in [5.41, 5.74) is 8.19. The molecule has 1 rings (SSSR count). The molecule has 0 aliphatic heterocycles. The summed E-state index contributed by atoms with van der Waals surface area (Å²) in [4.78, 5) is 0. The van der Waals surface area contributed by atoms with Gasteiger partial charge in [0.15, 0.2) is 0 Å². The minimum Gasteiger partial charge on any atom is -0.351 e. The molecule has 0 aliphatic rings. The molecule has 1 heteroatoms. The molecule has 1 atom stereocenters. The number of hydrogen-bond donors (Lipinski definition) is 1. The van der Waals surface area contributed by atoms with Gasteiger partial charge in [0.2, 0.25) is 0 Å². The highest BCUT2D eigenvalue weighted by Crippen LogP contribution is 2.15. The monoisotopic (exact) mass is 164 g/mol. The van der Waals surface area contributed by atoms with Gasteiger partial charge in [-0.15, -0.1) is 0 Å². The first-order chi connectivity index (χ1) is 5.65. The molecule has 0 aromatic heterocycles. The minimum atomic E-state index is 0.448. The lowest BCUT2D eigenvalue weighted by atomic mass is 10.0. The van der Waals surface area contributed by atoms with Crippen molar-refractivity contribution in [2.24, 2.45) is 0 Å². The summed E-state index contributed by atoms with van der Waals surface area (Å²) < 4.78 is 0. The van der Waals surface area contributed by atoms with E-state index in [1.165, 1.54) is 16.7 Å². The van der Waals surface area contributed by atoms with E-state index in [-0.39, 0.29) is 0 Å². The van der Waals surface area contributed by atoms with E-state index >= 15 is 0 Å². The van der Waals surface area contributed by atoms with Crippen molar-refractivity contribution < 1.29 is 5.73 Å². The first-order valence-electron chi connectivity index (χ1n) is 4.55. The molecule has 1 nitrogen and oxygen atoms in total. The molecule has 0 fully saturated rings. The van der Waals surface area contributed by atoms with Crippen molar-refractivity contribution in [1.82, 2.24) is 0 Å². The van der Waals surface area contributed by atoms with Crippen LogP contribution in [0, 0.1) is 13.8 Å². The Bertz CT molecular complexity index is 266. The van der Waals surface area contributed by atoms with Gasteiger partial charge >= 0.3 is 0 Å². The highest BCUT2D eigenvalue weighted by Gasteiger charge is 2.06. The van der Waals surface area contributed by atoms with Crippen LogP contribution in [-0.2, 0) is 0 Å². The Hall–Kier alpha value is -0.820. The lowest BCUT2D eigenvalue weighted by Gasteiger charge is -2.08. The summed E-state index contributed by atoms with van der Waals surface area (Å²) in [5.74, 6) is 0. The fourth-order valence-corrected chi connectivity index (χ4v) is 1.25. The molecule has 0 bridgehead atoms. The van der Waals surface area contributed by atoms with Crippen LogP contribution in [0.25, 0.3) is 0 Å². The summed E-state index contributed by atoms with van der Waals surface area (Å²) in [6.07, 6.45) is 1.11. The van der Waals surface area contributed by atoms with E-state index in [4.69, 9.17) is 0 Å². The standard InChI is InChI=1S/C11H17N/c1-4-11(12)10-6-5-8(2)9(3)7-10/h5-7,11H,4,12H2,1-3H3/p+1. The van der Waals surface area contributed by atoms with Gasteiger partial charge < -0.3 is 5.73 Å². The molecule has 0 saturated carbocycles. The van der Waals surface area contributed by atoms with Crippen molar-refractivity contribution in [2.75, 3.05) is 0 Å². The molecule has 0 aliphatic carbocycles. The summed E-state index contributed by atoms with van der Waals surface area (Å²) in [7, 11) is 0. The second-order valence-electron chi connectivity index (χ2n) is 3.45. The maximum absolute atomic E-state index is 4.10. The van der Waals surface area contributed by atoms with Crippen LogP contribution in [0.1, 0.15) is 36.1 Å². The zero-order chi connectivity index (χ0) is 9.14. The van der Waals surface area contributed by atoms with Crippen molar-refractivity contribution in [3.8, 4) is 0 Å². The fraction of sp³-hybridized carbons (Fsp3) is 0.455. The van der Waals surface area contributed by atoms with Gasteiger partial charge in [-0.2, -0.15) is 0 Å². The molecule has 12 heavy (non-hydrogen) atoms. The summed E-state index contributed by atoms with van der Waals surface area (Å²) in [6.45, 7) is 6.47. The van der Waals surface area contributed by atoms with Crippen molar-refractivity contribution >= 4 is 0 Å². The third-order valence-corrected chi connectivity index (χ3v) is 2.50. The molecule has 1 aromatic rings. The average Bonchev–Trinajstić information content (AvgIpc) is 2.08. The second-order valence-corrected chi connectivity index (χ2v) is 3.45. The maximum Gasteiger partial charge on any atom is 0.110 e. The summed E-state index contributed by atoms with van der Waals surface area (Å²) in [6, 6.07) is 7.06. The van der Waals surface area contributed by atoms with E-state index in [1.54, 1.807) is 0 Å². The van der Waals surface area contributed by atoms with Crippen molar-refractivity contribution in [3.05, 3.63) is 34.9 Å². The molecule has 1 aromatic carbocycles. The largest absolute Gasteiger partial charge is 0.351 e. The van der Waals surface area contributed by atoms with Crippen molar-refractivity contribution in [3.63, 3.8) is 0 Å². The van der Waals surface area contributed by atoms with Gasteiger partial charge in [-0.1, -0.05) is 19.1 Å². The van der Waals surface area contributed by atoms with Crippen LogP contribution in [0.15, 0.2) is 18.2 Å². The maximum atomic E-state index is 4.10. The van der Waals surface area contributed by atoms with E-state index < -0.39 is 0 Å². The Morgan fingerprint density at radius 1 is 1.25 bits per heavy atom. The highest BCUT2D eigenvalue weighted by atomic mass is 14.6.